The van der Waals surface area contributed by atoms with Gasteiger partial charge in [0.25, 0.3) is 0 Å². The number of benzene rings is 10. The average molecular weight is 838 g/mol. The molecule has 0 aliphatic carbocycles. The van der Waals surface area contributed by atoms with E-state index in [0.717, 1.165) is 17.1 Å². The quantitative estimate of drug-likeness (QED) is 0.147. The maximum atomic E-state index is 2.38. The summed E-state index contributed by atoms with van der Waals surface area (Å²) in [5, 5.41) is 5.27. The van der Waals surface area contributed by atoms with Crippen molar-refractivity contribution in [2.75, 3.05) is 4.90 Å². The van der Waals surface area contributed by atoms with Gasteiger partial charge in [-0.3, -0.25) is 0 Å². The van der Waals surface area contributed by atoms with Crippen LogP contribution in [0, 0.1) is 0 Å². The van der Waals surface area contributed by atoms with Gasteiger partial charge in [0.05, 0.1) is 0 Å². The number of fused-ring (bicyclic) bond motifs is 6. The van der Waals surface area contributed by atoms with Crippen LogP contribution >= 0.6 is 22.7 Å². The van der Waals surface area contributed by atoms with Crippen LogP contribution < -0.4 is 4.90 Å². The zero-order valence-corrected chi connectivity index (χ0v) is 35.9. The first-order valence-electron chi connectivity index (χ1n) is 21.4. The summed E-state index contributed by atoms with van der Waals surface area (Å²) < 4.78 is 5.30. The number of hydrogen-bond acceptors (Lipinski definition) is 3. The molecule has 3 heteroatoms. The Kier molecular flexibility index (Phi) is 9.29. The minimum atomic E-state index is 1.10. The fourth-order valence-electron chi connectivity index (χ4n) is 9.23. The summed E-state index contributed by atoms with van der Waals surface area (Å²) in [6, 6.07) is 86.5. The molecule has 0 radical (unpaired) electrons. The average Bonchev–Trinajstić information content (AvgIpc) is 3.94. The highest BCUT2D eigenvalue weighted by Crippen LogP contribution is 2.44. The Morgan fingerprint density at radius 1 is 0.238 bits per heavy atom. The van der Waals surface area contributed by atoms with Crippen LogP contribution in [0.3, 0.4) is 0 Å². The molecule has 0 aliphatic heterocycles. The van der Waals surface area contributed by atoms with Gasteiger partial charge in [-0.25, -0.2) is 0 Å². The van der Waals surface area contributed by atoms with E-state index in [0.29, 0.717) is 0 Å². The number of anilines is 3. The molecule has 0 unspecified atom stereocenters. The Balaban J connectivity index is 0.941. The minimum Gasteiger partial charge on any atom is -0.311 e. The van der Waals surface area contributed by atoms with Crippen molar-refractivity contribution in [2.24, 2.45) is 0 Å². The van der Waals surface area contributed by atoms with E-state index >= 15 is 0 Å². The van der Waals surface area contributed by atoms with E-state index < -0.39 is 0 Å². The second kappa shape index (κ2) is 15.7. The lowest BCUT2D eigenvalue weighted by atomic mass is 9.91. The maximum absolute atomic E-state index is 2.38. The predicted molar refractivity (Wildman–Crippen MR) is 274 cm³/mol. The van der Waals surface area contributed by atoms with Crippen LogP contribution in [0.5, 0.6) is 0 Å². The van der Waals surface area contributed by atoms with E-state index in [1.54, 1.807) is 0 Å². The molecular weight excluding hydrogens is 799 g/mol. The zero-order chi connectivity index (χ0) is 41.7. The largest absolute Gasteiger partial charge is 0.311 e. The summed E-state index contributed by atoms with van der Waals surface area (Å²) in [6.45, 7) is 0. The van der Waals surface area contributed by atoms with Gasteiger partial charge in [-0.2, -0.15) is 0 Å². The fraction of sp³-hybridized carbons (Fsp3) is 0. The van der Waals surface area contributed by atoms with Gasteiger partial charge < -0.3 is 4.90 Å². The van der Waals surface area contributed by atoms with Gasteiger partial charge in [-0.15, -0.1) is 22.7 Å². The van der Waals surface area contributed by atoms with Gasteiger partial charge in [0.1, 0.15) is 0 Å². The third-order valence-corrected chi connectivity index (χ3v) is 14.8. The smallest absolute Gasteiger partial charge is 0.0462 e. The number of nitrogens with zero attached hydrogens (tertiary/aromatic N) is 1. The van der Waals surface area contributed by atoms with Crippen molar-refractivity contribution in [1.29, 1.82) is 0 Å². The van der Waals surface area contributed by atoms with E-state index in [2.05, 4.69) is 241 Å². The zero-order valence-electron chi connectivity index (χ0n) is 34.3. The Morgan fingerprint density at radius 3 is 1.11 bits per heavy atom. The molecule has 0 aliphatic rings. The lowest BCUT2D eigenvalue weighted by Crippen LogP contribution is -2.09. The molecule has 0 spiro atoms. The van der Waals surface area contributed by atoms with Crippen molar-refractivity contribution in [3.63, 3.8) is 0 Å². The molecule has 0 fully saturated rings. The van der Waals surface area contributed by atoms with Crippen LogP contribution in [-0.4, -0.2) is 0 Å². The summed E-state index contributed by atoms with van der Waals surface area (Å²) in [5.41, 5.74) is 15.5. The molecule has 63 heavy (non-hydrogen) atoms. The third-order valence-electron chi connectivity index (χ3n) is 12.3. The number of rotatable bonds is 8. The molecule has 2 aromatic heterocycles. The second-order valence-corrected chi connectivity index (χ2v) is 18.1. The Bertz CT molecular complexity index is 3430. The molecule has 296 valence electrons. The van der Waals surface area contributed by atoms with Crippen molar-refractivity contribution in [1.82, 2.24) is 0 Å². The molecule has 2 heterocycles. The molecule has 12 rings (SSSR count). The molecule has 0 atom stereocenters. The van der Waals surface area contributed by atoms with Gasteiger partial charge in [0.2, 0.25) is 0 Å². The topological polar surface area (TPSA) is 3.24 Å². The van der Waals surface area contributed by atoms with Crippen molar-refractivity contribution >= 4 is 80.1 Å². The molecule has 0 amide bonds. The third kappa shape index (κ3) is 6.70. The summed E-state index contributed by atoms with van der Waals surface area (Å²) >= 11 is 3.75. The van der Waals surface area contributed by atoms with Crippen molar-refractivity contribution < 1.29 is 0 Å². The van der Waals surface area contributed by atoms with E-state index in [-0.39, 0.29) is 0 Å². The van der Waals surface area contributed by atoms with Gasteiger partial charge >= 0.3 is 0 Å². The Hall–Kier alpha value is -7.56. The second-order valence-electron chi connectivity index (χ2n) is 16.0. The Labute approximate surface area is 375 Å². The highest BCUT2D eigenvalue weighted by atomic mass is 32.1. The minimum absolute atomic E-state index is 1.10. The van der Waals surface area contributed by atoms with Gasteiger partial charge in [-0.1, -0.05) is 182 Å². The SMILES string of the molecule is c1ccc(-c2ccc(-c3ccc(N(c4ccc(-c5cccc6c5sc5ccccc56)cc4)c4ccc(-c5cccc6c5sc5ccccc56)cc4)cc3)cc2-c2ccccc2)cc1. The van der Waals surface area contributed by atoms with E-state index in [1.165, 1.54) is 96.0 Å². The first kappa shape index (κ1) is 37.2. The fourth-order valence-corrected chi connectivity index (χ4v) is 11.7. The van der Waals surface area contributed by atoms with Gasteiger partial charge in [0.15, 0.2) is 0 Å². The van der Waals surface area contributed by atoms with Gasteiger partial charge in [0, 0.05) is 57.4 Å². The lowest BCUT2D eigenvalue weighted by molar-refractivity contribution is 1.28. The summed E-state index contributed by atoms with van der Waals surface area (Å²) in [5.74, 6) is 0. The molecule has 0 N–H and O–H groups in total. The lowest BCUT2D eigenvalue weighted by Gasteiger charge is -2.26. The van der Waals surface area contributed by atoms with Crippen LogP contribution in [0.2, 0.25) is 0 Å². The molecule has 12 aromatic rings. The van der Waals surface area contributed by atoms with Crippen LogP contribution in [0.1, 0.15) is 0 Å². The van der Waals surface area contributed by atoms with Crippen molar-refractivity contribution in [2.45, 2.75) is 0 Å². The summed E-state index contributed by atoms with van der Waals surface area (Å²) in [7, 11) is 0. The summed E-state index contributed by atoms with van der Waals surface area (Å²) in [6.07, 6.45) is 0. The molecule has 0 bridgehead atoms. The van der Waals surface area contributed by atoms with Crippen LogP contribution in [0.15, 0.2) is 237 Å². The van der Waals surface area contributed by atoms with Crippen LogP contribution in [-0.2, 0) is 0 Å². The van der Waals surface area contributed by atoms with E-state index in [4.69, 9.17) is 0 Å². The standard InChI is InChI=1S/C60H39NS2/c1-3-13-41(14-4-1)49-38-31-45(39-56(49)42-15-5-2-6-16-42)40-25-32-46(33-26-40)61(47-34-27-43(28-35-47)50-19-11-21-54-52-17-7-9-23-57(52)62-59(50)54)48-36-29-44(30-37-48)51-20-12-22-55-53-18-8-10-24-58(53)63-60(51)55/h1-39H. The van der Waals surface area contributed by atoms with Gasteiger partial charge in [-0.05, 0) is 110 Å². The van der Waals surface area contributed by atoms with E-state index in [1.807, 2.05) is 22.7 Å². The molecule has 1 nitrogen and oxygen atoms in total. The summed E-state index contributed by atoms with van der Waals surface area (Å²) in [4.78, 5) is 2.38. The maximum Gasteiger partial charge on any atom is 0.0462 e. The van der Waals surface area contributed by atoms with Crippen molar-refractivity contribution in [3.8, 4) is 55.6 Å². The molecule has 0 saturated carbocycles. The first-order valence-corrected chi connectivity index (χ1v) is 23.0. The monoisotopic (exact) mass is 837 g/mol. The number of hydrogen-bond donors (Lipinski definition) is 0. The molecule has 10 aromatic carbocycles. The first-order chi connectivity index (χ1) is 31.2. The van der Waals surface area contributed by atoms with E-state index in [9.17, 15) is 0 Å². The van der Waals surface area contributed by atoms with Crippen LogP contribution in [0.25, 0.3) is 96.0 Å². The highest BCUT2D eigenvalue weighted by Gasteiger charge is 2.17. The number of thiophene rings is 2. The molecule has 0 saturated heterocycles. The van der Waals surface area contributed by atoms with Crippen LogP contribution in [0.4, 0.5) is 17.1 Å². The molecular formula is C60H39NS2. The predicted octanol–water partition coefficient (Wildman–Crippen LogP) is 18.2. The van der Waals surface area contributed by atoms with Crippen molar-refractivity contribution in [3.05, 3.63) is 237 Å². The highest BCUT2D eigenvalue weighted by molar-refractivity contribution is 7.26. The Morgan fingerprint density at radius 2 is 0.619 bits per heavy atom. The normalized spacial score (nSPS) is 11.5.